The molecule has 0 fully saturated rings. The van der Waals surface area contributed by atoms with Gasteiger partial charge in [-0.2, -0.15) is 5.10 Å². The maximum Gasteiger partial charge on any atom is 0.224 e. The molecule has 0 bridgehead atoms. The summed E-state index contributed by atoms with van der Waals surface area (Å²) < 4.78 is 7.15. The number of amides is 1. The van der Waals surface area contributed by atoms with Gasteiger partial charge < -0.3 is 10.1 Å². The molecule has 26 heavy (non-hydrogen) atoms. The van der Waals surface area contributed by atoms with Gasteiger partial charge in [0.25, 0.3) is 0 Å². The van der Waals surface area contributed by atoms with Crippen LogP contribution in [0.2, 0.25) is 0 Å². The van der Waals surface area contributed by atoms with E-state index in [0.29, 0.717) is 19.6 Å². The highest BCUT2D eigenvalue weighted by molar-refractivity contribution is 5.78. The van der Waals surface area contributed by atoms with Crippen molar-refractivity contribution in [2.24, 2.45) is 7.05 Å². The van der Waals surface area contributed by atoms with Crippen LogP contribution in [0.15, 0.2) is 55.0 Å². The first-order chi connectivity index (χ1) is 12.7. The monoisotopic (exact) mass is 350 g/mol. The second kappa shape index (κ2) is 8.29. The molecule has 0 radical (unpaired) electrons. The van der Waals surface area contributed by atoms with Gasteiger partial charge in [0.2, 0.25) is 5.91 Å². The lowest BCUT2D eigenvalue weighted by molar-refractivity contribution is -0.120. The topological polar surface area (TPSA) is 69.0 Å². The molecule has 0 unspecified atom stereocenters. The highest BCUT2D eigenvalue weighted by atomic mass is 16.5. The van der Waals surface area contributed by atoms with E-state index in [9.17, 15) is 4.79 Å². The van der Waals surface area contributed by atoms with Crippen LogP contribution in [0.3, 0.4) is 0 Å². The molecule has 0 saturated heterocycles. The number of hydrogen-bond donors (Lipinski definition) is 1. The van der Waals surface area contributed by atoms with Gasteiger partial charge in [0, 0.05) is 31.5 Å². The Hall–Kier alpha value is -3.15. The molecule has 1 N–H and O–H groups in total. The summed E-state index contributed by atoms with van der Waals surface area (Å²) in [5, 5.41) is 7.15. The Labute approximate surface area is 152 Å². The Bertz CT molecular complexity index is 872. The normalized spacial score (nSPS) is 10.5. The summed E-state index contributed by atoms with van der Waals surface area (Å²) in [5.41, 5.74) is 3.68. The van der Waals surface area contributed by atoms with Crippen molar-refractivity contribution >= 4 is 5.91 Å². The smallest absolute Gasteiger partial charge is 0.224 e. The van der Waals surface area contributed by atoms with Crippen molar-refractivity contribution in [2.45, 2.75) is 19.9 Å². The summed E-state index contributed by atoms with van der Waals surface area (Å²) >= 11 is 0. The third kappa shape index (κ3) is 4.47. The molecule has 2 aromatic heterocycles. The number of aryl methyl sites for hydroxylation is 1. The molecular weight excluding hydrogens is 328 g/mol. The number of nitrogens with one attached hydrogen (secondary N) is 1. The summed E-state index contributed by atoms with van der Waals surface area (Å²) in [7, 11) is 1.87. The number of aromatic nitrogens is 3. The Morgan fingerprint density at radius 1 is 1.23 bits per heavy atom. The van der Waals surface area contributed by atoms with Crippen molar-refractivity contribution in [1.82, 2.24) is 20.1 Å². The van der Waals surface area contributed by atoms with Crippen LogP contribution in [0.25, 0.3) is 11.3 Å². The number of ether oxygens (including phenoxy) is 1. The summed E-state index contributed by atoms with van der Waals surface area (Å²) in [6.07, 6.45) is 5.75. The number of benzene rings is 1. The van der Waals surface area contributed by atoms with E-state index in [1.165, 1.54) is 0 Å². The fourth-order valence-corrected chi connectivity index (χ4v) is 2.70. The third-order valence-corrected chi connectivity index (χ3v) is 3.94. The molecule has 0 aliphatic rings. The van der Waals surface area contributed by atoms with Gasteiger partial charge in [-0.15, -0.1) is 0 Å². The number of hydrogen-bond acceptors (Lipinski definition) is 4. The molecular formula is C20H22N4O2. The van der Waals surface area contributed by atoms with E-state index in [1.807, 2.05) is 56.6 Å². The van der Waals surface area contributed by atoms with E-state index in [4.69, 9.17) is 4.74 Å². The van der Waals surface area contributed by atoms with Gasteiger partial charge in [-0.3, -0.25) is 14.5 Å². The lowest BCUT2D eigenvalue weighted by Crippen LogP contribution is -2.24. The lowest BCUT2D eigenvalue weighted by Gasteiger charge is -2.09. The van der Waals surface area contributed by atoms with Crippen LogP contribution in [0.5, 0.6) is 5.75 Å². The third-order valence-electron chi connectivity index (χ3n) is 3.94. The lowest BCUT2D eigenvalue weighted by atomic mass is 10.1. The minimum Gasteiger partial charge on any atom is -0.494 e. The van der Waals surface area contributed by atoms with Crippen molar-refractivity contribution in [3.63, 3.8) is 0 Å². The molecule has 1 amide bonds. The van der Waals surface area contributed by atoms with E-state index in [2.05, 4.69) is 15.4 Å². The molecule has 3 rings (SSSR count). The Kier molecular flexibility index (Phi) is 5.63. The highest BCUT2D eigenvalue weighted by Gasteiger charge is 2.10. The quantitative estimate of drug-likeness (QED) is 0.711. The predicted octanol–water partition coefficient (Wildman–Crippen LogP) is 2.74. The fraction of sp³-hybridized carbons (Fsp3) is 0.250. The molecule has 134 valence electrons. The van der Waals surface area contributed by atoms with Gasteiger partial charge in [-0.1, -0.05) is 18.2 Å². The van der Waals surface area contributed by atoms with Gasteiger partial charge in [-0.25, -0.2) is 0 Å². The highest BCUT2D eigenvalue weighted by Crippen LogP contribution is 2.20. The van der Waals surface area contributed by atoms with Gasteiger partial charge in [-0.05, 0) is 36.2 Å². The van der Waals surface area contributed by atoms with Gasteiger partial charge >= 0.3 is 0 Å². The largest absolute Gasteiger partial charge is 0.494 e. The zero-order valence-electron chi connectivity index (χ0n) is 15.0. The van der Waals surface area contributed by atoms with Crippen molar-refractivity contribution in [3.8, 4) is 17.0 Å². The first-order valence-electron chi connectivity index (χ1n) is 8.57. The summed E-state index contributed by atoms with van der Waals surface area (Å²) in [6, 6.07) is 11.4. The number of pyridine rings is 1. The molecule has 2 heterocycles. The van der Waals surface area contributed by atoms with Crippen LogP contribution in [-0.4, -0.2) is 27.3 Å². The Morgan fingerprint density at radius 3 is 2.73 bits per heavy atom. The zero-order valence-corrected chi connectivity index (χ0v) is 15.0. The van der Waals surface area contributed by atoms with Crippen molar-refractivity contribution in [3.05, 3.63) is 66.1 Å². The maximum atomic E-state index is 12.3. The van der Waals surface area contributed by atoms with E-state index in [0.717, 1.165) is 28.1 Å². The van der Waals surface area contributed by atoms with Crippen LogP contribution in [0.4, 0.5) is 0 Å². The van der Waals surface area contributed by atoms with Gasteiger partial charge in [0.05, 0.1) is 24.9 Å². The molecule has 3 aromatic rings. The van der Waals surface area contributed by atoms with Gasteiger partial charge in [0.15, 0.2) is 0 Å². The molecule has 0 saturated carbocycles. The summed E-state index contributed by atoms with van der Waals surface area (Å²) in [4.78, 5) is 16.7. The average Bonchev–Trinajstić information content (AvgIpc) is 3.08. The van der Waals surface area contributed by atoms with Crippen LogP contribution < -0.4 is 10.1 Å². The summed E-state index contributed by atoms with van der Waals surface area (Å²) in [5.74, 6) is 0.781. The van der Waals surface area contributed by atoms with Crippen LogP contribution in [-0.2, 0) is 24.8 Å². The van der Waals surface area contributed by atoms with Gasteiger partial charge in [0.1, 0.15) is 5.75 Å². The second-order valence-corrected chi connectivity index (χ2v) is 5.94. The van der Waals surface area contributed by atoms with Crippen LogP contribution in [0, 0.1) is 0 Å². The Morgan fingerprint density at radius 2 is 2.04 bits per heavy atom. The van der Waals surface area contributed by atoms with Crippen molar-refractivity contribution < 1.29 is 9.53 Å². The van der Waals surface area contributed by atoms with E-state index in [1.54, 1.807) is 17.1 Å². The minimum atomic E-state index is -0.0323. The SMILES string of the molecule is CCOc1ccc(CC(=O)NCc2cccnc2-c2cnn(C)c2)cc1. The number of carbonyl (C=O) groups is 1. The molecule has 0 aliphatic heterocycles. The van der Waals surface area contributed by atoms with Crippen LogP contribution >= 0.6 is 0 Å². The first kappa shape index (κ1) is 17.7. The number of rotatable bonds is 7. The predicted molar refractivity (Wildman–Crippen MR) is 99.6 cm³/mol. The van der Waals surface area contributed by atoms with E-state index >= 15 is 0 Å². The molecule has 0 atom stereocenters. The number of carbonyl (C=O) groups excluding carboxylic acids is 1. The van der Waals surface area contributed by atoms with Crippen molar-refractivity contribution in [2.75, 3.05) is 6.61 Å². The Balaban J connectivity index is 1.61. The molecule has 1 aromatic carbocycles. The minimum absolute atomic E-state index is 0.0323. The molecule has 6 nitrogen and oxygen atoms in total. The average molecular weight is 350 g/mol. The van der Waals surface area contributed by atoms with E-state index < -0.39 is 0 Å². The fourth-order valence-electron chi connectivity index (χ4n) is 2.70. The molecule has 6 heteroatoms. The van der Waals surface area contributed by atoms with E-state index in [-0.39, 0.29) is 5.91 Å². The molecule has 0 aliphatic carbocycles. The zero-order chi connectivity index (χ0) is 18.4. The first-order valence-corrected chi connectivity index (χ1v) is 8.57. The maximum absolute atomic E-state index is 12.3. The number of nitrogens with zero attached hydrogens (tertiary/aromatic N) is 3. The van der Waals surface area contributed by atoms with Crippen molar-refractivity contribution in [1.29, 1.82) is 0 Å². The standard InChI is InChI=1S/C20H22N4O2/c1-3-26-18-8-6-15(7-9-18)11-19(25)22-12-16-5-4-10-21-20(16)17-13-23-24(2)14-17/h4-10,13-14H,3,11-12H2,1-2H3,(H,22,25). The second-order valence-electron chi connectivity index (χ2n) is 5.94. The van der Waals surface area contributed by atoms with Crippen LogP contribution in [0.1, 0.15) is 18.1 Å². The summed E-state index contributed by atoms with van der Waals surface area (Å²) in [6.45, 7) is 3.00. The molecule has 0 spiro atoms.